The lowest BCUT2D eigenvalue weighted by atomic mass is 10.0. The van der Waals surface area contributed by atoms with Gasteiger partial charge in [-0.3, -0.25) is 9.13 Å². The van der Waals surface area contributed by atoms with Gasteiger partial charge in [0, 0.05) is 22.6 Å². The van der Waals surface area contributed by atoms with Gasteiger partial charge >= 0.3 is 15.2 Å². The summed E-state index contributed by atoms with van der Waals surface area (Å²) in [4.78, 5) is 0. The summed E-state index contributed by atoms with van der Waals surface area (Å²) < 4.78 is 52.3. The van der Waals surface area contributed by atoms with Crippen LogP contribution >= 0.6 is 26.8 Å². The maximum absolute atomic E-state index is 14.1. The van der Waals surface area contributed by atoms with Crippen molar-refractivity contribution in [3.8, 4) is 22.7 Å². The van der Waals surface area contributed by atoms with Gasteiger partial charge in [0.2, 0.25) is 0 Å². The molecule has 0 unspecified atom stereocenters. The zero-order chi connectivity index (χ0) is 27.1. The van der Waals surface area contributed by atoms with E-state index in [2.05, 4.69) is 5.10 Å². The lowest BCUT2D eigenvalue weighted by Gasteiger charge is -2.31. The summed E-state index contributed by atoms with van der Waals surface area (Å²) in [5, 5.41) is 14.6. The van der Waals surface area contributed by atoms with Gasteiger partial charge in [0.1, 0.15) is 5.75 Å². The highest BCUT2D eigenvalue weighted by atomic mass is 35.5. The van der Waals surface area contributed by atoms with Gasteiger partial charge in [-0.1, -0.05) is 23.7 Å². The van der Waals surface area contributed by atoms with E-state index in [0.29, 0.717) is 27.5 Å². The quantitative estimate of drug-likeness (QED) is 0.201. The molecule has 0 bridgehead atoms. The third kappa shape index (κ3) is 6.73. The summed E-state index contributed by atoms with van der Waals surface area (Å²) in [5.74, 6) is 0.0200. The van der Waals surface area contributed by atoms with E-state index in [4.69, 9.17) is 29.7 Å². The second-order valence-corrected chi connectivity index (χ2v) is 13.1. The summed E-state index contributed by atoms with van der Waals surface area (Å²) in [6, 6.07) is 13.8. The van der Waals surface area contributed by atoms with Gasteiger partial charge in [0.05, 0.1) is 44.0 Å². The van der Waals surface area contributed by atoms with Crippen LogP contribution in [0.25, 0.3) is 16.9 Å². The summed E-state index contributed by atoms with van der Waals surface area (Å²) in [6.45, 7) is 7.01. The molecule has 3 rings (SSSR count). The molecule has 1 heterocycles. The Morgan fingerprint density at radius 2 is 1.38 bits per heavy atom. The van der Waals surface area contributed by atoms with E-state index < -0.39 is 20.6 Å². The number of phenols is 1. The lowest BCUT2D eigenvalue weighted by Crippen LogP contribution is -2.20. The molecular weight excluding hydrogens is 538 g/mol. The second kappa shape index (κ2) is 13.2. The number of benzene rings is 2. The number of aromatic nitrogens is 2. The Labute approximate surface area is 222 Å². The smallest absolute Gasteiger partial charge is 0.346 e. The van der Waals surface area contributed by atoms with E-state index in [1.807, 2.05) is 0 Å². The number of rotatable bonds is 14. The number of hydrogen-bond acceptors (Lipinski definition) is 8. The summed E-state index contributed by atoms with van der Waals surface area (Å²) in [7, 11) is -8.00. The fourth-order valence-electron chi connectivity index (χ4n) is 4.00. The number of para-hydroxylation sites is 1. The molecular formula is C25H33ClN2O7P2. The summed E-state index contributed by atoms with van der Waals surface area (Å²) >= 11 is 6.09. The third-order valence-electron chi connectivity index (χ3n) is 5.44. The average molecular weight is 571 g/mol. The van der Waals surface area contributed by atoms with Crippen LogP contribution in [0.5, 0.6) is 5.75 Å². The van der Waals surface area contributed by atoms with Crippen molar-refractivity contribution in [1.29, 1.82) is 0 Å². The fourth-order valence-corrected chi connectivity index (χ4v) is 9.43. The Morgan fingerprint density at radius 1 is 0.865 bits per heavy atom. The molecule has 1 N–H and O–H groups in total. The largest absolute Gasteiger partial charge is 0.507 e. The maximum atomic E-state index is 14.1. The third-order valence-corrected chi connectivity index (χ3v) is 11.7. The number of halogens is 1. The predicted octanol–water partition coefficient (Wildman–Crippen LogP) is 7.30. The molecule has 12 heteroatoms. The molecule has 9 nitrogen and oxygen atoms in total. The van der Waals surface area contributed by atoms with Crippen molar-refractivity contribution < 1.29 is 32.3 Å². The van der Waals surface area contributed by atoms with Gasteiger partial charge in [-0.2, -0.15) is 5.10 Å². The first kappa shape index (κ1) is 29.6. The van der Waals surface area contributed by atoms with Crippen molar-refractivity contribution in [2.75, 3.05) is 26.4 Å². The number of phenolic OH excluding ortho intramolecular Hbond substituents is 1. The molecule has 0 spiro atoms. The Kier molecular flexibility index (Phi) is 10.6. The molecule has 3 aromatic rings. The first-order chi connectivity index (χ1) is 17.7. The maximum Gasteiger partial charge on any atom is 0.346 e. The van der Waals surface area contributed by atoms with Crippen LogP contribution in [0.4, 0.5) is 0 Å². The highest BCUT2D eigenvalue weighted by Gasteiger charge is 2.51. The zero-order valence-electron chi connectivity index (χ0n) is 21.4. The topological polar surface area (TPSA) is 109 Å². The molecule has 0 aliphatic heterocycles. The fraction of sp³-hybridized carbons (Fsp3) is 0.400. The van der Waals surface area contributed by atoms with Gasteiger partial charge in [-0.15, -0.1) is 0 Å². The second-order valence-electron chi connectivity index (χ2n) is 7.86. The molecule has 0 aliphatic rings. The van der Waals surface area contributed by atoms with Gasteiger partial charge in [0.25, 0.3) is 0 Å². The molecule has 2 aromatic carbocycles. The number of nitrogens with zero attached hydrogens (tertiary/aromatic N) is 2. The highest BCUT2D eigenvalue weighted by molar-refractivity contribution is 7.72. The van der Waals surface area contributed by atoms with Crippen molar-refractivity contribution >= 4 is 26.8 Å². The first-order valence-corrected chi connectivity index (χ1v) is 15.7. The molecule has 1 aromatic heterocycles. The molecule has 37 heavy (non-hydrogen) atoms. The van der Waals surface area contributed by atoms with Crippen LogP contribution in [-0.4, -0.2) is 46.7 Å². The minimum absolute atomic E-state index is 0.0200. The first-order valence-electron chi connectivity index (χ1n) is 12.1. The van der Waals surface area contributed by atoms with Crippen LogP contribution in [0.15, 0.2) is 54.7 Å². The van der Waals surface area contributed by atoms with Crippen LogP contribution in [-0.2, 0) is 33.6 Å². The summed E-state index contributed by atoms with van der Waals surface area (Å²) in [6.07, 6.45) is 1.50. The standard InChI is InChI=1S/C25H33ClN2O7P2/c1-5-32-36(30,33-6-2)24(37(31,34-7-3)35-8-4)17-19-18-27-28(21-15-13-20(26)14-16-21)25(19)22-11-9-10-12-23(22)29/h9-16,18,24,29H,5-8,17H2,1-4H3. The Balaban J connectivity index is 2.25. The van der Waals surface area contributed by atoms with Crippen LogP contribution < -0.4 is 0 Å². The summed E-state index contributed by atoms with van der Waals surface area (Å²) in [5.41, 5.74) is 2.22. The Morgan fingerprint density at radius 3 is 1.86 bits per heavy atom. The van der Waals surface area contributed by atoms with Gasteiger partial charge in [0.15, 0.2) is 5.40 Å². The van der Waals surface area contributed by atoms with E-state index in [9.17, 15) is 14.2 Å². The monoisotopic (exact) mass is 570 g/mol. The molecule has 0 aliphatic carbocycles. The Hall–Kier alpha value is -1.96. The van der Waals surface area contributed by atoms with Crippen molar-refractivity contribution in [2.45, 2.75) is 39.5 Å². The van der Waals surface area contributed by atoms with E-state index >= 15 is 0 Å². The lowest BCUT2D eigenvalue weighted by molar-refractivity contribution is 0.195. The molecule has 0 fully saturated rings. The molecule has 0 radical (unpaired) electrons. The van der Waals surface area contributed by atoms with Crippen molar-refractivity contribution in [3.63, 3.8) is 0 Å². The number of aromatic hydroxyl groups is 1. The molecule has 0 saturated heterocycles. The molecule has 0 atom stereocenters. The van der Waals surface area contributed by atoms with Gasteiger partial charge in [-0.05, 0) is 64.1 Å². The van der Waals surface area contributed by atoms with Crippen molar-refractivity contribution in [1.82, 2.24) is 9.78 Å². The van der Waals surface area contributed by atoms with Crippen LogP contribution in [0.1, 0.15) is 33.3 Å². The van der Waals surface area contributed by atoms with Crippen LogP contribution in [0, 0.1) is 0 Å². The molecule has 0 amide bonds. The van der Waals surface area contributed by atoms with Gasteiger partial charge < -0.3 is 23.2 Å². The molecule has 202 valence electrons. The predicted molar refractivity (Wildman–Crippen MR) is 145 cm³/mol. The highest BCUT2D eigenvalue weighted by Crippen LogP contribution is 2.71. The van der Waals surface area contributed by atoms with E-state index in [0.717, 1.165) is 0 Å². The SMILES string of the molecule is CCOP(=O)(OCC)C(Cc1cnn(-c2ccc(Cl)cc2)c1-c1ccccc1O)P(=O)(OCC)OCC. The van der Waals surface area contributed by atoms with Crippen LogP contribution in [0.3, 0.4) is 0 Å². The zero-order valence-corrected chi connectivity index (χ0v) is 23.9. The Bertz CT molecular complexity index is 1220. The van der Waals surface area contributed by atoms with E-state index in [-0.39, 0.29) is 38.6 Å². The minimum atomic E-state index is -4.00. The normalized spacial score (nSPS) is 12.4. The van der Waals surface area contributed by atoms with Crippen LogP contribution in [0.2, 0.25) is 5.02 Å². The van der Waals surface area contributed by atoms with E-state index in [1.165, 1.54) is 0 Å². The van der Waals surface area contributed by atoms with Gasteiger partial charge in [-0.25, -0.2) is 4.68 Å². The minimum Gasteiger partial charge on any atom is -0.507 e. The average Bonchev–Trinajstić information content (AvgIpc) is 3.27. The van der Waals surface area contributed by atoms with E-state index in [1.54, 1.807) is 87.1 Å². The molecule has 0 saturated carbocycles. The van der Waals surface area contributed by atoms with Crippen molar-refractivity contribution in [2.24, 2.45) is 0 Å². The van der Waals surface area contributed by atoms with Crippen molar-refractivity contribution in [3.05, 3.63) is 65.3 Å². The number of hydrogen-bond donors (Lipinski definition) is 1.